The second-order valence-corrected chi connectivity index (χ2v) is 5.73. The summed E-state index contributed by atoms with van der Waals surface area (Å²) in [5.41, 5.74) is 0.662. The van der Waals surface area contributed by atoms with E-state index in [1.807, 2.05) is 6.92 Å². The second kappa shape index (κ2) is 6.08. The number of Topliss-reactive ketones (excluding diaryl/α,β-unsaturated/α-hetero) is 1. The van der Waals surface area contributed by atoms with Crippen LogP contribution in [0, 0.1) is 0 Å². The number of ketones is 1. The van der Waals surface area contributed by atoms with Crippen LogP contribution in [0.2, 0.25) is 10.0 Å². The van der Waals surface area contributed by atoms with E-state index >= 15 is 0 Å². The van der Waals surface area contributed by atoms with Crippen molar-refractivity contribution in [1.82, 2.24) is 4.90 Å². The lowest BCUT2D eigenvalue weighted by Crippen LogP contribution is -2.31. The predicted octanol–water partition coefficient (Wildman–Crippen LogP) is 3.69. The standard InChI is InChI=1S/C15H15Cl2NO3/c1-3-6-18-13(10-5-4-9(16)7-11(10)17)12(8(2)19)14(20)15(18)21/h4-5,7,13,20H,3,6H2,1-2H3. The van der Waals surface area contributed by atoms with Gasteiger partial charge < -0.3 is 10.0 Å². The molecule has 0 spiro atoms. The summed E-state index contributed by atoms with van der Waals surface area (Å²) in [6.45, 7) is 3.66. The van der Waals surface area contributed by atoms with Crippen molar-refractivity contribution in [2.45, 2.75) is 26.3 Å². The molecular formula is C15H15Cl2NO3. The first-order valence-electron chi connectivity index (χ1n) is 6.58. The zero-order valence-corrected chi connectivity index (χ0v) is 13.2. The van der Waals surface area contributed by atoms with E-state index in [1.165, 1.54) is 11.8 Å². The molecule has 1 heterocycles. The molecule has 1 aromatic rings. The first kappa shape index (κ1) is 15.9. The third kappa shape index (κ3) is 2.78. The van der Waals surface area contributed by atoms with Crippen molar-refractivity contribution in [3.63, 3.8) is 0 Å². The summed E-state index contributed by atoms with van der Waals surface area (Å²) in [6.07, 6.45) is 0.700. The molecule has 1 aromatic carbocycles. The molecule has 0 bridgehead atoms. The third-order valence-electron chi connectivity index (χ3n) is 3.40. The normalized spacial score (nSPS) is 18.6. The van der Waals surface area contributed by atoms with Crippen LogP contribution in [0.5, 0.6) is 0 Å². The fourth-order valence-electron chi connectivity index (χ4n) is 2.53. The number of aliphatic hydroxyl groups excluding tert-OH is 1. The van der Waals surface area contributed by atoms with Gasteiger partial charge in [0.05, 0.1) is 11.6 Å². The zero-order chi connectivity index (χ0) is 15.7. The van der Waals surface area contributed by atoms with Gasteiger partial charge in [-0.1, -0.05) is 36.2 Å². The molecule has 2 rings (SSSR count). The summed E-state index contributed by atoms with van der Waals surface area (Å²) < 4.78 is 0. The molecule has 1 unspecified atom stereocenters. The summed E-state index contributed by atoms with van der Waals surface area (Å²) in [5.74, 6) is -1.39. The van der Waals surface area contributed by atoms with Crippen molar-refractivity contribution in [2.75, 3.05) is 6.54 Å². The summed E-state index contributed by atoms with van der Waals surface area (Å²) >= 11 is 12.1. The smallest absolute Gasteiger partial charge is 0.290 e. The lowest BCUT2D eigenvalue weighted by molar-refractivity contribution is -0.129. The fourth-order valence-corrected chi connectivity index (χ4v) is 3.04. The van der Waals surface area contributed by atoms with Crippen LogP contribution in [0.1, 0.15) is 31.9 Å². The minimum Gasteiger partial charge on any atom is -0.503 e. The minimum absolute atomic E-state index is 0.0812. The fraction of sp³-hybridized carbons (Fsp3) is 0.333. The maximum absolute atomic E-state index is 12.2. The molecule has 0 radical (unpaired) electrons. The van der Waals surface area contributed by atoms with Crippen LogP contribution in [0.4, 0.5) is 0 Å². The molecule has 112 valence electrons. The molecule has 1 aliphatic rings. The number of amides is 1. The van der Waals surface area contributed by atoms with Gasteiger partial charge in [-0.15, -0.1) is 0 Å². The highest BCUT2D eigenvalue weighted by molar-refractivity contribution is 6.35. The quantitative estimate of drug-likeness (QED) is 0.917. The van der Waals surface area contributed by atoms with Crippen LogP contribution >= 0.6 is 23.2 Å². The van der Waals surface area contributed by atoms with E-state index in [2.05, 4.69) is 0 Å². The van der Waals surface area contributed by atoms with E-state index in [1.54, 1.807) is 18.2 Å². The Morgan fingerprint density at radius 2 is 2.05 bits per heavy atom. The Bertz CT molecular complexity index is 640. The Morgan fingerprint density at radius 1 is 1.38 bits per heavy atom. The number of carbonyl (C=O) groups is 2. The van der Waals surface area contributed by atoms with Crippen molar-refractivity contribution in [1.29, 1.82) is 0 Å². The average molecular weight is 328 g/mol. The molecule has 21 heavy (non-hydrogen) atoms. The van der Waals surface area contributed by atoms with Gasteiger partial charge in [0.1, 0.15) is 0 Å². The number of rotatable bonds is 4. The van der Waals surface area contributed by atoms with Crippen molar-refractivity contribution in [3.8, 4) is 0 Å². The highest BCUT2D eigenvalue weighted by Gasteiger charge is 2.42. The summed E-state index contributed by atoms with van der Waals surface area (Å²) in [4.78, 5) is 25.5. The van der Waals surface area contributed by atoms with Crippen LogP contribution in [0.3, 0.4) is 0 Å². The van der Waals surface area contributed by atoms with Crippen LogP contribution in [0.25, 0.3) is 0 Å². The SMILES string of the molecule is CCCN1C(=O)C(O)=C(C(C)=O)C1c1ccc(Cl)cc1Cl. The molecule has 0 saturated carbocycles. The highest BCUT2D eigenvalue weighted by Crippen LogP contribution is 2.41. The number of hydrogen-bond donors (Lipinski definition) is 1. The maximum atomic E-state index is 12.2. The Hall–Kier alpha value is -1.52. The molecule has 0 fully saturated rings. The van der Waals surface area contributed by atoms with E-state index in [9.17, 15) is 14.7 Å². The van der Waals surface area contributed by atoms with Crippen LogP contribution in [0.15, 0.2) is 29.5 Å². The first-order valence-corrected chi connectivity index (χ1v) is 7.34. The molecule has 1 amide bonds. The summed E-state index contributed by atoms with van der Waals surface area (Å²) in [5, 5.41) is 10.8. The molecule has 0 saturated heterocycles. The first-order chi connectivity index (χ1) is 9.88. The largest absolute Gasteiger partial charge is 0.503 e. The predicted molar refractivity (Wildman–Crippen MR) is 81.5 cm³/mol. The lowest BCUT2D eigenvalue weighted by atomic mass is 9.96. The van der Waals surface area contributed by atoms with Crippen LogP contribution in [-0.4, -0.2) is 28.2 Å². The summed E-state index contributed by atoms with van der Waals surface area (Å²) in [7, 11) is 0. The van der Waals surface area contributed by atoms with Gasteiger partial charge in [-0.2, -0.15) is 0 Å². The third-order valence-corrected chi connectivity index (χ3v) is 3.97. The highest BCUT2D eigenvalue weighted by atomic mass is 35.5. The Kier molecular flexibility index (Phi) is 4.59. The molecule has 4 nitrogen and oxygen atoms in total. The van der Waals surface area contributed by atoms with Gasteiger partial charge in [-0.3, -0.25) is 9.59 Å². The number of halogens is 2. The summed E-state index contributed by atoms with van der Waals surface area (Å²) in [6, 6.07) is 4.21. The molecule has 1 aliphatic heterocycles. The molecule has 0 aliphatic carbocycles. The molecule has 6 heteroatoms. The van der Waals surface area contributed by atoms with Crippen molar-refractivity contribution in [3.05, 3.63) is 45.1 Å². The molecule has 0 aromatic heterocycles. The van der Waals surface area contributed by atoms with Gasteiger partial charge in [0.25, 0.3) is 5.91 Å². The Balaban J connectivity index is 2.59. The second-order valence-electron chi connectivity index (χ2n) is 4.89. The number of hydrogen-bond acceptors (Lipinski definition) is 3. The molecule has 1 N–H and O–H groups in total. The Labute approximate surface area is 133 Å². The monoisotopic (exact) mass is 327 g/mol. The van der Waals surface area contributed by atoms with Crippen molar-refractivity contribution < 1.29 is 14.7 Å². The molecular weight excluding hydrogens is 313 g/mol. The average Bonchev–Trinajstić information content (AvgIpc) is 2.64. The zero-order valence-electron chi connectivity index (χ0n) is 11.7. The van der Waals surface area contributed by atoms with Crippen LogP contribution < -0.4 is 0 Å². The van der Waals surface area contributed by atoms with Gasteiger partial charge in [0.2, 0.25) is 0 Å². The van der Waals surface area contributed by atoms with Gasteiger partial charge in [-0.05, 0) is 31.0 Å². The maximum Gasteiger partial charge on any atom is 0.290 e. The lowest BCUT2D eigenvalue weighted by Gasteiger charge is -2.26. The van der Waals surface area contributed by atoms with E-state index in [4.69, 9.17) is 23.2 Å². The topological polar surface area (TPSA) is 57.6 Å². The Morgan fingerprint density at radius 3 is 2.57 bits per heavy atom. The van der Waals surface area contributed by atoms with Gasteiger partial charge in [-0.25, -0.2) is 0 Å². The minimum atomic E-state index is -0.667. The number of aliphatic hydroxyl groups is 1. The van der Waals surface area contributed by atoms with E-state index < -0.39 is 17.7 Å². The van der Waals surface area contributed by atoms with E-state index in [-0.39, 0.29) is 11.4 Å². The number of nitrogens with zero attached hydrogens (tertiary/aromatic N) is 1. The number of carbonyl (C=O) groups excluding carboxylic acids is 2. The molecule has 1 atom stereocenters. The van der Waals surface area contributed by atoms with Crippen molar-refractivity contribution >= 4 is 34.9 Å². The van der Waals surface area contributed by atoms with Gasteiger partial charge in [0, 0.05) is 16.6 Å². The number of benzene rings is 1. The van der Waals surface area contributed by atoms with E-state index in [0.29, 0.717) is 28.6 Å². The van der Waals surface area contributed by atoms with E-state index in [0.717, 1.165) is 0 Å². The van der Waals surface area contributed by atoms with Crippen LogP contribution in [-0.2, 0) is 9.59 Å². The van der Waals surface area contributed by atoms with Crippen molar-refractivity contribution in [2.24, 2.45) is 0 Å². The van der Waals surface area contributed by atoms with Gasteiger partial charge >= 0.3 is 0 Å². The van der Waals surface area contributed by atoms with Gasteiger partial charge in [0.15, 0.2) is 11.5 Å².